The number of H-pyrrole nitrogens is 1. The third-order valence-electron chi connectivity index (χ3n) is 5.05. The van der Waals surface area contributed by atoms with E-state index in [1.54, 1.807) is 0 Å². The van der Waals surface area contributed by atoms with E-state index in [1.807, 2.05) is 90.3 Å². The number of rotatable bonds is 3. The van der Waals surface area contributed by atoms with Crippen molar-refractivity contribution in [2.75, 3.05) is 5.32 Å². The number of fused-ring (bicyclic) bond motifs is 2. The van der Waals surface area contributed by atoms with Gasteiger partial charge in [0.1, 0.15) is 0 Å². The Kier molecular flexibility index (Phi) is 4.30. The number of aromatic amines is 1. The van der Waals surface area contributed by atoms with Crippen LogP contribution in [0.25, 0.3) is 16.5 Å². The van der Waals surface area contributed by atoms with E-state index in [-0.39, 0.29) is 5.91 Å². The molecule has 0 radical (unpaired) electrons. The molecule has 0 fully saturated rings. The molecular weight excluding hydrogens is 384 g/mol. The number of hydrogen-bond donors (Lipinski definition) is 2. The number of nitrogens with zero attached hydrogens (tertiary/aromatic N) is 1. The molecule has 3 heterocycles. The van der Waals surface area contributed by atoms with Gasteiger partial charge in [-0.3, -0.25) is 4.79 Å². The fraction of sp³-hybridized carbons (Fsp3) is 0.0435. The Labute approximate surface area is 173 Å². The van der Waals surface area contributed by atoms with Crippen LogP contribution in [0.5, 0.6) is 0 Å². The van der Waals surface area contributed by atoms with E-state index < -0.39 is 6.17 Å². The number of nitrogens with one attached hydrogen (secondary N) is 3. The van der Waals surface area contributed by atoms with Gasteiger partial charge < -0.3 is 15.5 Å². The first-order chi connectivity index (χ1) is 14.2. The maximum Gasteiger partial charge on any atom is 0.268 e. The van der Waals surface area contributed by atoms with Gasteiger partial charge in [0.25, 0.3) is 5.91 Å². The fourth-order valence-corrected chi connectivity index (χ4v) is 3.90. The zero-order valence-corrected chi connectivity index (χ0v) is 16.1. The lowest BCUT2D eigenvalue weighted by Gasteiger charge is -2.25. The monoisotopic (exact) mass is 401 g/mol. The first-order valence-electron chi connectivity index (χ1n) is 9.30. The van der Waals surface area contributed by atoms with Gasteiger partial charge in [0.15, 0.2) is 18.6 Å². The molecule has 2 aliphatic rings. The van der Waals surface area contributed by atoms with Gasteiger partial charge in [0.05, 0.1) is 11.4 Å². The molecule has 0 saturated heterocycles. The Morgan fingerprint density at radius 1 is 1.14 bits per heavy atom. The summed E-state index contributed by atoms with van der Waals surface area (Å²) in [5.41, 5.74) is 3.52. The van der Waals surface area contributed by atoms with Crippen molar-refractivity contribution in [3.63, 3.8) is 0 Å². The summed E-state index contributed by atoms with van der Waals surface area (Å²) in [4.78, 5) is 18.2. The van der Waals surface area contributed by atoms with Crippen LogP contribution in [0.3, 0.4) is 0 Å². The molecule has 6 heteroatoms. The maximum absolute atomic E-state index is 13.2. The van der Waals surface area contributed by atoms with E-state index in [2.05, 4.69) is 15.6 Å². The van der Waals surface area contributed by atoms with Gasteiger partial charge >= 0.3 is 0 Å². The highest BCUT2D eigenvalue weighted by molar-refractivity contribution is 6.30. The molecular formula is C23H18ClN4O+. The summed E-state index contributed by atoms with van der Waals surface area (Å²) >= 11 is 6.18. The quantitative estimate of drug-likeness (QED) is 0.699. The van der Waals surface area contributed by atoms with Crippen LogP contribution < -0.4 is 15.6 Å². The Balaban J connectivity index is 1.47. The molecule has 5 nitrogen and oxygen atoms in total. The van der Waals surface area contributed by atoms with E-state index in [0.29, 0.717) is 5.02 Å². The summed E-state index contributed by atoms with van der Waals surface area (Å²) < 4.78 is 0. The van der Waals surface area contributed by atoms with Gasteiger partial charge in [0.2, 0.25) is 0 Å². The van der Waals surface area contributed by atoms with E-state index in [1.165, 1.54) is 0 Å². The van der Waals surface area contributed by atoms with Crippen molar-refractivity contribution in [2.24, 2.45) is 0 Å². The number of allylic oxidation sites excluding steroid dienone is 3. The first-order valence-corrected chi connectivity index (χ1v) is 9.68. The molecule has 1 aromatic heterocycles. The van der Waals surface area contributed by atoms with Gasteiger partial charge in [-0.15, -0.1) is 0 Å². The lowest BCUT2D eigenvalue weighted by molar-refractivity contribution is -0.375. The molecule has 3 N–H and O–H groups in total. The Morgan fingerprint density at radius 3 is 2.93 bits per heavy atom. The fourth-order valence-electron chi connectivity index (χ4n) is 3.71. The van der Waals surface area contributed by atoms with Crippen LogP contribution in [0.4, 0.5) is 5.69 Å². The average Bonchev–Trinajstić information content (AvgIpc) is 3.14. The van der Waals surface area contributed by atoms with Crippen LogP contribution in [0, 0.1) is 0 Å². The standard InChI is InChI=1S/C23H17ClN4O/c24-17-7-3-5-15(13-17)21-20-9-1-2-12-28(20)22(27-21)23(29)26-19-8-4-6-16-14-25-11-10-18(16)19/h1-14,22,27H,(H,26,29)/p+1. The highest BCUT2D eigenvalue weighted by Gasteiger charge is 2.35. The van der Waals surface area contributed by atoms with Crippen LogP contribution in [0.2, 0.25) is 5.02 Å². The van der Waals surface area contributed by atoms with Crippen molar-refractivity contribution in [3.05, 3.63) is 102 Å². The van der Waals surface area contributed by atoms with Crippen molar-refractivity contribution in [1.29, 1.82) is 0 Å². The largest absolute Gasteiger partial charge is 0.355 e. The maximum atomic E-state index is 13.2. The zero-order valence-electron chi connectivity index (χ0n) is 15.4. The number of benzene rings is 2. The van der Waals surface area contributed by atoms with Crippen molar-refractivity contribution >= 4 is 39.7 Å². The lowest BCUT2D eigenvalue weighted by atomic mass is 10.1. The number of hydrogen-bond acceptors (Lipinski definition) is 3. The minimum absolute atomic E-state index is 0.139. The number of carbonyl (C=O) groups excluding carboxylic acids is 1. The second kappa shape index (κ2) is 7.11. The van der Waals surface area contributed by atoms with Gasteiger partial charge in [-0.2, -0.15) is 0 Å². The molecule has 0 saturated carbocycles. The van der Waals surface area contributed by atoms with E-state index in [0.717, 1.165) is 33.4 Å². The minimum atomic E-state index is -0.564. The first kappa shape index (κ1) is 17.5. The third-order valence-corrected chi connectivity index (χ3v) is 5.28. The highest BCUT2D eigenvalue weighted by atomic mass is 35.5. The molecule has 1 amide bonds. The topological polar surface area (TPSA) is 58.5 Å². The third kappa shape index (κ3) is 3.15. The summed E-state index contributed by atoms with van der Waals surface area (Å²) in [7, 11) is 0. The van der Waals surface area contributed by atoms with Crippen LogP contribution >= 0.6 is 11.6 Å². The molecule has 0 bridgehead atoms. The molecule has 0 aliphatic carbocycles. The van der Waals surface area contributed by atoms with E-state index in [9.17, 15) is 4.79 Å². The Hall–Kier alpha value is -3.57. The normalized spacial score (nSPS) is 17.4. The Morgan fingerprint density at radius 2 is 2.03 bits per heavy atom. The number of carbonyl (C=O) groups is 1. The second-order valence-electron chi connectivity index (χ2n) is 6.87. The summed E-state index contributed by atoms with van der Waals surface area (Å²) in [6.45, 7) is 0. The number of pyridine rings is 1. The van der Waals surface area contributed by atoms with Crippen LogP contribution in [0.1, 0.15) is 5.56 Å². The van der Waals surface area contributed by atoms with Crippen molar-refractivity contribution in [2.45, 2.75) is 6.17 Å². The molecule has 5 rings (SSSR count). The zero-order chi connectivity index (χ0) is 19.8. The van der Waals surface area contributed by atoms with Crippen molar-refractivity contribution in [1.82, 2.24) is 10.2 Å². The number of aromatic nitrogens is 1. The smallest absolute Gasteiger partial charge is 0.268 e. The predicted molar refractivity (Wildman–Crippen MR) is 115 cm³/mol. The number of anilines is 1. The van der Waals surface area contributed by atoms with E-state index in [4.69, 9.17) is 11.6 Å². The molecule has 0 spiro atoms. The van der Waals surface area contributed by atoms with Crippen LogP contribution in [0.15, 0.2) is 91.0 Å². The summed E-state index contributed by atoms with van der Waals surface area (Å²) in [6.07, 6.45) is 11.0. The summed E-state index contributed by atoms with van der Waals surface area (Å²) in [5.74, 6) is -0.139. The molecule has 1 atom stereocenters. The second-order valence-corrected chi connectivity index (χ2v) is 7.30. The lowest BCUT2D eigenvalue weighted by Crippen LogP contribution is -2.44. The molecule has 2 aliphatic heterocycles. The van der Waals surface area contributed by atoms with Gasteiger partial charge in [-0.05, 0) is 36.4 Å². The van der Waals surface area contributed by atoms with Gasteiger partial charge in [-0.1, -0.05) is 35.9 Å². The summed E-state index contributed by atoms with van der Waals surface area (Å²) in [6, 6.07) is 15.4. The Bertz CT molecular complexity index is 1210. The van der Waals surface area contributed by atoms with E-state index >= 15 is 0 Å². The number of halogens is 1. The molecule has 3 aromatic rings. The molecule has 1 unspecified atom stereocenters. The summed E-state index contributed by atoms with van der Waals surface area (Å²) in [5, 5.41) is 9.11. The van der Waals surface area contributed by atoms with Gasteiger partial charge in [0, 0.05) is 39.3 Å². The van der Waals surface area contributed by atoms with Crippen molar-refractivity contribution < 1.29 is 9.78 Å². The van der Waals surface area contributed by atoms with Crippen molar-refractivity contribution in [3.8, 4) is 0 Å². The molecule has 29 heavy (non-hydrogen) atoms. The number of amides is 1. The van der Waals surface area contributed by atoms with Crippen LogP contribution in [-0.4, -0.2) is 17.0 Å². The SMILES string of the molecule is O=C(Nc1cccc2c[nH+]ccc12)C1NC(c2cccc(Cl)c2)=C2C=CC=CN21. The highest BCUT2D eigenvalue weighted by Crippen LogP contribution is 2.32. The average molecular weight is 402 g/mol. The molecule has 2 aromatic carbocycles. The molecule has 142 valence electrons. The van der Waals surface area contributed by atoms with Crippen LogP contribution in [-0.2, 0) is 4.79 Å². The minimum Gasteiger partial charge on any atom is -0.355 e. The van der Waals surface area contributed by atoms with Gasteiger partial charge in [-0.25, -0.2) is 4.98 Å². The predicted octanol–water partition coefficient (Wildman–Crippen LogP) is 3.93.